The number of hydrogen-bond acceptors (Lipinski definition) is 4. The Labute approximate surface area is 201 Å². The molecule has 0 aromatic heterocycles. The lowest BCUT2D eigenvalue weighted by molar-refractivity contribution is -0.141. The average Bonchev–Trinajstić information content (AvgIpc) is 3.08. The van der Waals surface area contributed by atoms with Gasteiger partial charge in [0.1, 0.15) is 6.04 Å². The van der Waals surface area contributed by atoms with Crippen LogP contribution in [0.2, 0.25) is 0 Å². The molecule has 180 valence electrons. The lowest BCUT2D eigenvalue weighted by Gasteiger charge is -2.31. The molecule has 0 aliphatic carbocycles. The van der Waals surface area contributed by atoms with Gasteiger partial charge in [-0.1, -0.05) is 63.2 Å². The van der Waals surface area contributed by atoms with Gasteiger partial charge < -0.3 is 10.2 Å². The van der Waals surface area contributed by atoms with Crippen LogP contribution in [0.1, 0.15) is 66.3 Å². The van der Waals surface area contributed by atoms with Crippen LogP contribution in [0, 0.1) is 5.92 Å². The van der Waals surface area contributed by atoms with Crippen LogP contribution in [-0.4, -0.2) is 52.6 Å². The largest absolute Gasteiger partial charge is 0.354 e. The number of nitrogens with one attached hydrogen (secondary N) is 1. The monoisotopic (exact) mass is 463 g/mol. The Kier molecular flexibility index (Phi) is 8.57. The van der Waals surface area contributed by atoms with Gasteiger partial charge >= 0.3 is 0 Å². The fourth-order valence-corrected chi connectivity index (χ4v) is 4.10. The number of benzene rings is 2. The van der Waals surface area contributed by atoms with Crippen molar-refractivity contribution in [2.45, 2.75) is 52.6 Å². The maximum absolute atomic E-state index is 13.3. The number of carbonyl (C=O) groups is 4. The predicted octanol–water partition coefficient (Wildman–Crippen LogP) is 3.64. The second kappa shape index (κ2) is 11.6. The molecule has 0 saturated carbocycles. The highest BCUT2D eigenvalue weighted by Crippen LogP contribution is 2.23. The molecule has 3 rings (SSSR count). The number of amides is 4. The minimum atomic E-state index is -0.592. The Balaban J connectivity index is 1.68. The highest BCUT2D eigenvalue weighted by atomic mass is 16.2. The molecule has 0 fully saturated rings. The molecule has 1 aliphatic heterocycles. The van der Waals surface area contributed by atoms with E-state index in [4.69, 9.17) is 0 Å². The van der Waals surface area contributed by atoms with Gasteiger partial charge in [0, 0.05) is 26.1 Å². The summed E-state index contributed by atoms with van der Waals surface area (Å²) in [7, 11) is 0. The van der Waals surface area contributed by atoms with Crippen molar-refractivity contribution in [3.63, 3.8) is 0 Å². The summed E-state index contributed by atoms with van der Waals surface area (Å²) >= 11 is 0. The van der Waals surface area contributed by atoms with Gasteiger partial charge in [-0.2, -0.15) is 0 Å². The van der Waals surface area contributed by atoms with Crippen LogP contribution >= 0.6 is 0 Å². The van der Waals surface area contributed by atoms with E-state index in [1.807, 2.05) is 51.1 Å². The summed E-state index contributed by atoms with van der Waals surface area (Å²) in [6, 6.07) is 15.7. The summed E-state index contributed by atoms with van der Waals surface area (Å²) < 4.78 is 0. The van der Waals surface area contributed by atoms with Gasteiger partial charge in [0.25, 0.3) is 11.8 Å². The van der Waals surface area contributed by atoms with Gasteiger partial charge in [0.2, 0.25) is 11.8 Å². The van der Waals surface area contributed by atoms with Gasteiger partial charge in [-0.15, -0.1) is 0 Å². The van der Waals surface area contributed by atoms with Gasteiger partial charge in [-0.25, -0.2) is 0 Å². The summed E-state index contributed by atoms with van der Waals surface area (Å²) in [5, 5.41) is 2.95. The van der Waals surface area contributed by atoms with Crippen LogP contribution in [0.3, 0.4) is 0 Å². The van der Waals surface area contributed by atoms with Crippen LogP contribution in [-0.2, 0) is 16.1 Å². The number of fused-ring (bicyclic) bond motifs is 1. The first-order valence-electron chi connectivity index (χ1n) is 11.9. The molecule has 0 bridgehead atoms. The third-order valence-corrected chi connectivity index (χ3v) is 5.92. The Bertz CT molecular complexity index is 1000. The molecule has 34 heavy (non-hydrogen) atoms. The molecular weight excluding hydrogens is 430 g/mol. The van der Waals surface area contributed by atoms with Crippen LogP contribution in [0.5, 0.6) is 0 Å². The van der Waals surface area contributed by atoms with Crippen molar-refractivity contribution in [1.29, 1.82) is 0 Å². The van der Waals surface area contributed by atoms with Gasteiger partial charge in [-0.3, -0.25) is 24.1 Å². The summed E-state index contributed by atoms with van der Waals surface area (Å²) in [4.78, 5) is 54.2. The standard InChI is InChI=1S/C27H33N3O4/c1-4-23(25(32)28-17-19(2)3)30(18-20-11-6-5-7-12-20)24(31)15-10-16-29-26(33)21-13-8-9-14-22(21)27(29)34/h5-9,11-14,19,23H,4,10,15-18H2,1-3H3,(H,28,32). The first kappa shape index (κ1) is 25.1. The van der Waals surface area contributed by atoms with Crippen molar-refractivity contribution >= 4 is 23.6 Å². The fourth-order valence-electron chi connectivity index (χ4n) is 4.10. The minimum Gasteiger partial charge on any atom is -0.354 e. The molecular formula is C27H33N3O4. The fraction of sp³-hybridized carbons (Fsp3) is 0.407. The quantitative estimate of drug-likeness (QED) is 0.516. The number of nitrogens with zero attached hydrogens (tertiary/aromatic N) is 2. The van der Waals surface area contributed by atoms with Crippen molar-refractivity contribution in [2.75, 3.05) is 13.1 Å². The van der Waals surface area contributed by atoms with Crippen molar-refractivity contribution in [3.8, 4) is 0 Å². The molecule has 0 saturated heterocycles. The second-order valence-corrected chi connectivity index (χ2v) is 8.98. The second-order valence-electron chi connectivity index (χ2n) is 8.98. The summed E-state index contributed by atoms with van der Waals surface area (Å²) in [5.41, 5.74) is 1.74. The molecule has 1 unspecified atom stereocenters. The number of carbonyl (C=O) groups excluding carboxylic acids is 4. The van der Waals surface area contributed by atoms with Gasteiger partial charge in [-0.05, 0) is 36.5 Å². The predicted molar refractivity (Wildman–Crippen MR) is 130 cm³/mol. The maximum Gasteiger partial charge on any atom is 0.261 e. The third kappa shape index (κ3) is 5.90. The average molecular weight is 464 g/mol. The molecule has 1 heterocycles. The third-order valence-electron chi connectivity index (χ3n) is 5.92. The van der Waals surface area contributed by atoms with Crippen molar-refractivity contribution in [1.82, 2.24) is 15.1 Å². The van der Waals surface area contributed by atoms with Crippen molar-refractivity contribution in [3.05, 3.63) is 71.3 Å². The minimum absolute atomic E-state index is 0.133. The van der Waals surface area contributed by atoms with Crippen molar-refractivity contribution < 1.29 is 19.2 Å². The number of imide groups is 1. The highest BCUT2D eigenvalue weighted by Gasteiger charge is 2.35. The smallest absolute Gasteiger partial charge is 0.261 e. The van der Waals surface area contributed by atoms with E-state index in [-0.39, 0.29) is 36.6 Å². The Morgan fingerprint density at radius 3 is 2.09 bits per heavy atom. The van der Waals surface area contributed by atoms with Crippen LogP contribution < -0.4 is 5.32 Å². The molecule has 2 aromatic rings. The summed E-state index contributed by atoms with van der Waals surface area (Å²) in [6.07, 6.45) is 0.953. The SMILES string of the molecule is CCC(C(=O)NCC(C)C)N(Cc1ccccc1)C(=O)CCCN1C(=O)c2ccccc2C1=O. The van der Waals surface area contributed by atoms with E-state index >= 15 is 0 Å². The Hall–Kier alpha value is -3.48. The summed E-state index contributed by atoms with van der Waals surface area (Å²) in [5.74, 6) is -0.686. The molecule has 1 aliphatic rings. The summed E-state index contributed by atoms with van der Waals surface area (Å²) in [6.45, 7) is 6.96. The number of hydrogen-bond donors (Lipinski definition) is 1. The van der Waals surface area contributed by atoms with Gasteiger partial charge in [0.05, 0.1) is 11.1 Å². The Morgan fingerprint density at radius 1 is 0.941 bits per heavy atom. The van der Waals surface area contributed by atoms with E-state index in [1.54, 1.807) is 29.2 Å². The highest BCUT2D eigenvalue weighted by molar-refractivity contribution is 6.21. The van der Waals surface area contributed by atoms with Crippen molar-refractivity contribution in [2.24, 2.45) is 5.92 Å². The molecule has 7 heteroatoms. The van der Waals surface area contributed by atoms with E-state index in [2.05, 4.69) is 5.32 Å². The van der Waals surface area contributed by atoms with E-state index < -0.39 is 6.04 Å². The Morgan fingerprint density at radius 2 is 1.53 bits per heavy atom. The molecule has 7 nitrogen and oxygen atoms in total. The number of rotatable bonds is 11. The van der Waals surface area contributed by atoms with Crippen LogP contribution in [0.15, 0.2) is 54.6 Å². The molecule has 1 atom stereocenters. The lowest BCUT2D eigenvalue weighted by Crippen LogP contribution is -2.49. The topological polar surface area (TPSA) is 86.8 Å². The van der Waals surface area contributed by atoms with Crippen LogP contribution in [0.4, 0.5) is 0 Å². The zero-order valence-corrected chi connectivity index (χ0v) is 20.1. The van der Waals surface area contributed by atoms with Gasteiger partial charge in [0.15, 0.2) is 0 Å². The molecule has 4 amide bonds. The zero-order chi connectivity index (χ0) is 24.7. The molecule has 0 spiro atoms. The first-order valence-corrected chi connectivity index (χ1v) is 11.9. The van der Waals surface area contributed by atoms with Crippen LogP contribution in [0.25, 0.3) is 0 Å². The zero-order valence-electron chi connectivity index (χ0n) is 20.1. The van der Waals surface area contributed by atoms with E-state index in [1.165, 1.54) is 4.90 Å². The maximum atomic E-state index is 13.3. The molecule has 2 aromatic carbocycles. The van der Waals surface area contributed by atoms with E-state index in [0.717, 1.165) is 5.56 Å². The molecule has 0 radical (unpaired) electrons. The first-order chi connectivity index (χ1) is 16.3. The normalized spacial score (nSPS) is 13.7. The molecule has 1 N–H and O–H groups in total. The lowest BCUT2D eigenvalue weighted by atomic mass is 10.1. The van der Waals surface area contributed by atoms with E-state index in [0.29, 0.717) is 43.0 Å². The van der Waals surface area contributed by atoms with E-state index in [9.17, 15) is 19.2 Å².